The van der Waals surface area contributed by atoms with Gasteiger partial charge in [-0.3, -0.25) is 0 Å². The summed E-state index contributed by atoms with van der Waals surface area (Å²) in [5.74, 6) is 0. The highest BCUT2D eigenvalue weighted by molar-refractivity contribution is 7.10. The second-order valence-electron chi connectivity index (χ2n) is 4.52. The molecule has 0 saturated heterocycles. The van der Waals surface area contributed by atoms with E-state index >= 15 is 0 Å². The van der Waals surface area contributed by atoms with E-state index in [0.717, 1.165) is 30.0 Å². The fourth-order valence-electron chi connectivity index (χ4n) is 1.94. The van der Waals surface area contributed by atoms with Gasteiger partial charge in [-0.1, -0.05) is 44.5 Å². The van der Waals surface area contributed by atoms with Crippen LogP contribution in [0.15, 0.2) is 29.6 Å². The Balaban J connectivity index is 2.18. The Morgan fingerprint density at radius 1 is 1.22 bits per heavy atom. The lowest BCUT2D eigenvalue weighted by molar-refractivity contribution is 0.635. The van der Waals surface area contributed by atoms with Crippen molar-refractivity contribution < 1.29 is 0 Å². The first-order chi connectivity index (χ1) is 8.74. The lowest BCUT2D eigenvalue weighted by Crippen LogP contribution is -2.09. The Kier molecular flexibility index (Phi) is 4.50. The minimum atomic E-state index is 0.0867. The van der Waals surface area contributed by atoms with E-state index in [0.29, 0.717) is 0 Å². The number of aryl methyl sites for hydroxylation is 1. The smallest absolute Gasteiger partial charge is 0.110 e. The van der Waals surface area contributed by atoms with Crippen LogP contribution in [0.25, 0.3) is 11.3 Å². The van der Waals surface area contributed by atoms with Gasteiger partial charge in [0.25, 0.3) is 0 Å². The van der Waals surface area contributed by atoms with Crippen LogP contribution in [-0.2, 0) is 6.42 Å². The van der Waals surface area contributed by atoms with Crippen LogP contribution >= 0.6 is 11.3 Å². The highest BCUT2D eigenvalue weighted by atomic mass is 32.1. The zero-order valence-electron chi connectivity index (χ0n) is 11.0. The maximum Gasteiger partial charge on any atom is 0.110 e. The van der Waals surface area contributed by atoms with Crippen LogP contribution in [0.2, 0.25) is 0 Å². The van der Waals surface area contributed by atoms with Gasteiger partial charge in [-0.2, -0.15) is 0 Å². The van der Waals surface area contributed by atoms with Crippen molar-refractivity contribution >= 4 is 11.3 Å². The Hall–Kier alpha value is -1.19. The molecule has 1 heterocycles. The number of nitrogens with two attached hydrogens (primary N) is 1. The van der Waals surface area contributed by atoms with Gasteiger partial charge in [0.05, 0.1) is 11.7 Å². The van der Waals surface area contributed by atoms with E-state index in [1.165, 1.54) is 11.1 Å². The Labute approximate surface area is 113 Å². The van der Waals surface area contributed by atoms with Crippen molar-refractivity contribution in [2.45, 2.75) is 39.2 Å². The molecule has 2 aromatic rings. The van der Waals surface area contributed by atoms with Crippen molar-refractivity contribution in [3.05, 3.63) is 40.2 Å². The number of nitrogens with zero attached hydrogens (tertiary/aromatic N) is 1. The molecule has 18 heavy (non-hydrogen) atoms. The molecule has 96 valence electrons. The van der Waals surface area contributed by atoms with E-state index in [4.69, 9.17) is 5.73 Å². The van der Waals surface area contributed by atoms with Crippen LogP contribution < -0.4 is 5.73 Å². The first-order valence-corrected chi connectivity index (χ1v) is 7.42. The summed E-state index contributed by atoms with van der Waals surface area (Å²) < 4.78 is 0. The van der Waals surface area contributed by atoms with Crippen molar-refractivity contribution in [2.24, 2.45) is 5.73 Å². The maximum atomic E-state index is 6.09. The van der Waals surface area contributed by atoms with Gasteiger partial charge in [0, 0.05) is 10.9 Å². The fourth-order valence-corrected chi connectivity index (χ4v) is 2.80. The van der Waals surface area contributed by atoms with Crippen molar-refractivity contribution in [3.8, 4) is 11.3 Å². The molecule has 0 saturated carbocycles. The first-order valence-electron chi connectivity index (χ1n) is 6.55. The molecule has 0 amide bonds. The third kappa shape index (κ3) is 2.98. The van der Waals surface area contributed by atoms with E-state index in [1.807, 2.05) is 0 Å². The molecule has 0 aliphatic carbocycles. The Morgan fingerprint density at radius 3 is 2.56 bits per heavy atom. The van der Waals surface area contributed by atoms with Crippen molar-refractivity contribution in [3.63, 3.8) is 0 Å². The molecule has 2 rings (SSSR count). The summed E-state index contributed by atoms with van der Waals surface area (Å²) >= 11 is 1.67. The van der Waals surface area contributed by atoms with Gasteiger partial charge in [-0.25, -0.2) is 4.98 Å². The molecule has 1 aromatic carbocycles. The summed E-state index contributed by atoms with van der Waals surface area (Å²) in [7, 11) is 0. The normalized spacial score (nSPS) is 12.6. The summed E-state index contributed by atoms with van der Waals surface area (Å²) in [6, 6.07) is 8.70. The van der Waals surface area contributed by atoms with Crippen LogP contribution in [0.5, 0.6) is 0 Å². The predicted octanol–water partition coefficient (Wildman–Crippen LogP) is 4.17. The van der Waals surface area contributed by atoms with Crippen LogP contribution in [-0.4, -0.2) is 4.98 Å². The van der Waals surface area contributed by atoms with E-state index < -0.39 is 0 Å². The number of thiazole rings is 1. The number of hydrogen-bond donors (Lipinski definition) is 1. The fraction of sp³-hybridized carbons (Fsp3) is 0.400. The van der Waals surface area contributed by atoms with Crippen LogP contribution in [0.1, 0.15) is 43.3 Å². The summed E-state index contributed by atoms with van der Waals surface area (Å²) in [6.45, 7) is 4.32. The lowest BCUT2D eigenvalue weighted by atomic mass is 10.1. The average molecular weight is 260 g/mol. The van der Waals surface area contributed by atoms with Crippen LogP contribution in [0.3, 0.4) is 0 Å². The number of rotatable bonds is 5. The van der Waals surface area contributed by atoms with Crippen molar-refractivity contribution in [1.29, 1.82) is 0 Å². The standard InChI is InChI=1S/C15H20N2S/c1-3-5-13(16)15-17-14(10-18-15)12-8-6-11(4-2)7-9-12/h6-10,13H,3-5,16H2,1-2H3. The van der Waals surface area contributed by atoms with Gasteiger partial charge in [-0.15, -0.1) is 11.3 Å². The highest BCUT2D eigenvalue weighted by Gasteiger charge is 2.10. The quantitative estimate of drug-likeness (QED) is 0.876. The molecule has 1 atom stereocenters. The van der Waals surface area contributed by atoms with Gasteiger partial charge >= 0.3 is 0 Å². The maximum absolute atomic E-state index is 6.09. The molecule has 1 unspecified atom stereocenters. The molecule has 0 aliphatic heterocycles. The number of aromatic nitrogens is 1. The molecule has 3 heteroatoms. The van der Waals surface area contributed by atoms with Gasteiger partial charge < -0.3 is 5.73 Å². The molecule has 2 N–H and O–H groups in total. The zero-order chi connectivity index (χ0) is 13.0. The van der Waals surface area contributed by atoms with E-state index in [2.05, 4.69) is 48.5 Å². The number of benzene rings is 1. The lowest BCUT2D eigenvalue weighted by Gasteiger charge is -2.05. The van der Waals surface area contributed by atoms with E-state index in [9.17, 15) is 0 Å². The van der Waals surface area contributed by atoms with Crippen molar-refractivity contribution in [1.82, 2.24) is 4.98 Å². The first kappa shape index (κ1) is 13.2. The third-order valence-corrected chi connectivity index (χ3v) is 4.07. The Bertz CT molecular complexity index is 487. The summed E-state index contributed by atoms with van der Waals surface area (Å²) in [5, 5.41) is 3.15. The monoisotopic (exact) mass is 260 g/mol. The van der Waals surface area contributed by atoms with E-state index in [-0.39, 0.29) is 6.04 Å². The van der Waals surface area contributed by atoms with Crippen LogP contribution in [0.4, 0.5) is 0 Å². The van der Waals surface area contributed by atoms with E-state index in [1.54, 1.807) is 11.3 Å². The molecule has 0 fully saturated rings. The second kappa shape index (κ2) is 6.12. The molecular weight excluding hydrogens is 240 g/mol. The zero-order valence-corrected chi connectivity index (χ0v) is 11.8. The molecular formula is C15H20N2S. The summed E-state index contributed by atoms with van der Waals surface area (Å²) in [5.41, 5.74) is 9.67. The molecule has 0 radical (unpaired) electrons. The number of hydrogen-bond acceptors (Lipinski definition) is 3. The topological polar surface area (TPSA) is 38.9 Å². The Morgan fingerprint density at radius 2 is 1.94 bits per heavy atom. The molecule has 2 nitrogen and oxygen atoms in total. The molecule has 1 aromatic heterocycles. The summed E-state index contributed by atoms with van der Waals surface area (Å²) in [4.78, 5) is 4.65. The van der Waals surface area contributed by atoms with Gasteiger partial charge in [0.1, 0.15) is 5.01 Å². The highest BCUT2D eigenvalue weighted by Crippen LogP contribution is 2.26. The van der Waals surface area contributed by atoms with Crippen molar-refractivity contribution in [2.75, 3.05) is 0 Å². The largest absolute Gasteiger partial charge is 0.322 e. The van der Waals surface area contributed by atoms with Gasteiger partial charge in [0.2, 0.25) is 0 Å². The third-order valence-electron chi connectivity index (χ3n) is 3.10. The van der Waals surface area contributed by atoms with Gasteiger partial charge in [0.15, 0.2) is 0 Å². The van der Waals surface area contributed by atoms with Crippen LogP contribution in [0, 0.1) is 0 Å². The molecule has 0 spiro atoms. The summed E-state index contributed by atoms with van der Waals surface area (Å²) in [6.07, 6.45) is 3.17. The second-order valence-corrected chi connectivity index (χ2v) is 5.41. The average Bonchev–Trinajstić information content (AvgIpc) is 2.89. The predicted molar refractivity (Wildman–Crippen MR) is 78.8 cm³/mol. The minimum absolute atomic E-state index is 0.0867. The minimum Gasteiger partial charge on any atom is -0.322 e. The molecule has 0 bridgehead atoms. The van der Waals surface area contributed by atoms with Gasteiger partial charge in [-0.05, 0) is 18.4 Å². The molecule has 0 aliphatic rings. The SMILES string of the molecule is CCCC(N)c1nc(-c2ccc(CC)cc2)cs1.